The summed E-state index contributed by atoms with van der Waals surface area (Å²) in [6.45, 7) is 2.17. The van der Waals surface area contributed by atoms with Gasteiger partial charge in [-0.1, -0.05) is 35.5 Å². The van der Waals surface area contributed by atoms with Crippen LogP contribution in [0.25, 0.3) is 0 Å². The van der Waals surface area contributed by atoms with Crippen LogP contribution in [0.3, 0.4) is 0 Å². The minimum absolute atomic E-state index is 0.0605. The van der Waals surface area contributed by atoms with Gasteiger partial charge in [0.15, 0.2) is 0 Å². The largest absolute Gasteiger partial charge is 0.394 e. The summed E-state index contributed by atoms with van der Waals surface area (Å²) in [5, 5.41) is 13.7. The van der Waals surface area contributed by atoms with Gasteiger partial charge in [-0.05, 0) is 24.8 Å². The van der Waals surface area contributed by atoms with Gasteiger partial charge in [-0.3, -0.25) is 4.79 Å². The van der Waals surface area contributed by atoms with Gasteiger partial charge in [0.25, 0.3) is 11.7 Å². The Labute approximate surface area is 128 Å². The van der Waals surface area contributed by atoms with Crippen LogP contribution in [0.5, 0.6) is 0 Å². The SMILES string of the molecule is Cc1nc(C(=O)N2CCCC2(CO)Cc2ccccc2)no1. The first-order chi connectivity index (χ1) is 10.6. The number of amides is 1. The second-order valence-corrected chi connectivity index (χ2v) is 5.74. The Bertz CT molecular complexity index is 656. The number of rotatable bonds is 4. The van der Waals surface area contributed by atoms with E-state index in [9.17, 15) is 9.90 Å². The van der Waals surface area contributed by atoms with Crippen LogP contribution in [-0.4, -0.2) is 44.7 Å². The Balaban J connectivity index is 1.87. The fourth-order valence-corrected chi connectivity index (χ4v) is 3.14. The normalized spacial score (nSPS) is 21.3. The summed E-state index contributed by atoms with van der Waals surface area (Å²) in [6.07, 6.45) is 2.24. The molecule has 6 nitrogen and oxygen atoms in total. The number of aliphatic hydroxyl groups excluding tert-OH is 1. The first-order valence-electron chi connectivity index (χ1n) is 7.42. The van der Waals surface area contributed by atoms with Crippen molar-refractivity contribution in [2.24, 2.45) is 0 Å². The van der Waals surface area contributed by atoms with E-state index in [1.165, 1.54) is 0 Å². The molecule has 0 bridgehead atoms. The van der Waals surface area contributed by atoms with E-state index < -0.39 is 5.54 Å². The van der Waals surface area contributed by atoms with Crippen molar-refractivity contribution < 1.29 is 14.4 Å². The monoisotopic (exact) mass is 301 g/mol. The van der Waals surface area contributed by atoms with Crippen molar-refractivity contribution in [2.75, 3.05) is 13.2 Å². The van der Waals surface area contributed by atoms with Gasteiger partial charge < -0.3 is 14.5 Å². The van der Waals surface area contributed by atoms with Crippen LogP contribution >= 0.6 is 0 Å². The molecule has 1 fully saturated rings. The minimum Gasteiger partial charge on any atom is -0.394 e. The molecule has 3 rings (SSSR count). The molecule has 22 heavy (non-hydrogen) atoms. The number of aliphatic hydroxyl groups is 1. The number of hydrogen-bond donors (Lipinski definition) is 1. The maximum atomic E-state index is 12.7. The Hall–Kier alpha value is -2.21. The Morgan fingerprint density at radius 1 is 1.41 bits per heavy atom. The van der Waals surface area contributed by atoms with Gasteiger partial charge in [0.2, 0.25) is 5.89 Å². The van der Waals surface area contributed by atoms with Gasteiger partial charge in [-0.25, -0.2) is 0 Å². The lowest BCUT2D eigenvalue weighted by Gasteiger charge is -2.36. The van der Waals surface area contributed by atoms with E-state index >= 15 is 0 Å². The highest BCUT2D eigenvalue weighted by atomic mass is 16.5. The number of hydrogen-bond acceptors (Lipinski definition) is 5. The number of carbonyl (C=O) groups excluding carboxylic acids is 1. The quantitative estimate of drug-likeness (QED) is 0.927. The van der Waals surface area contributed by atoms with Gasteiger partial charge in [-0.2, -0.15) is 4.98 Å². The van der Waals surface area contributed by atoms with Crippen LogP contribution in [0.15, 0.2) is 34.9 Å². The summed E-state index contributed by atoms with van der Waals surface area (Å²) >= 11 is 0. The molecule has 0 radical (unpaired) electrons. The van der Waals surface area contributed by atoms with Crippen molar-refractivity contribution in [3.8, 4) is 0 Å². The molecule has 1 N–H and O–H groups in total. The molecule has 1 aromatic carbocycles. The highest BCUT2D eigenvalue weighted by molar-refractivity contribution is 5.91. The highest BCUT2D eigenvalue weighted by Gasteiger charge is 2.44. The zero-order valence-corrected chi connectivity index (χ0v) is 12.5. The van der Waals surface area contributed by atoms with Gasteiger partial charge in [0, 0.05) is 13.5 Å². The van der Waals surface area contributed by atoms with Crippen LogP contribution in [0.1, 0.15) is 34.9 Å². The van der Waals surface area contributed by atoms with E-state index in [4.69, 9.17) is 4.52 Å². The van der Waals surface area contributed by atoms with Crippen molar-refractivity contribution in [3.63, 3.8) is 0 Å². The molecule has 0 saturated carbocycles. The van der Waals surface area contributed by atoms with E-state index in [0.717, 1.165) is 18.4 Å². The summed E-state index contributed by atoms with van der Waals surface area (Å²) in [5.41, 5.74) is 0.507. The van der Waals surface area contributed by atoms with Crippen molar-refractivity contribution in [2.45, 2.75) is 31.7 Å². The van der Waals surface area contributed by atoms with Crippen molar-refractivity contribution in [1.29, 1.82) is 0 Å². The van der Waals surface area contributed by atoms with E-state index in [2.05, 4.69) is 10.1 Å². The third-order valence-electron chi connectivity index (χ3n) is 4.23. The average Bonchev–Trinajstić information content (AvgIpc) is 3.15. The average molecular weight is 301 g/mol. The van der Waals surface area contributed by atoms with E-state index in [0.29, 0.717) is 18.9 Å². The van der Waals surface area contributed by atoms with Gasteiger partial charge in [-0.15, -0.1) is 0 Å². The number of carbonyl (C=O) groups is 1. The van der Waals surface area contributed by atoms with E-state index in [1.807, 2.05) is 30.3 Å². The number of likely N-dealkylation sites (tertiary alicyclic amines) is 1. The van der Waals surface area contributed by atoms with Crippen LogP contribution in [0.4, 0.5) is 0 Å². The summed E-state index contributed by atoms with van der Waals surface area (Å²) < 4.78 is 4.89. The first kappa shape index (κ1) is 14.7. The molecule has 1 aliphatic heterocycles. The number of aryl methyl sites for hydroxylation is 1. The third-order valence-corrected chi connectivity index (χ3v) is 4.23. The fourth-order valence-electron chi connectivity index (χ4n) is 3.14. The minimum atomic E-state index is -0.590. The Morgan fingerprint density at radius 2 is 2.18 bits per heavy atom. The van der Waals surface area contributed by atoms with Gasteiger partial charge >= 0.3 is 0 Å². The second kappa shape index (κ2) is 5.88. The predicted molar refractivity (Wildman–Crippen MR) is 79.3 cm³/mol. The molecule has 1 atom stereocenters. The Morgan fingerprint density at radius 3 is 2.82 bits per heavy atom. The predicted octanol–water partition coefficient (Wildman–Crippen LogP) is 1.59. The summed E-state index contributed by atoms with van der Waals surface area (Å²) in [4.78, 5) is 18.4. The molecule has 1 aliphatic rings. The molecule has 0 spiro atoms. The van der Waals surface area contributed by atoms with Crippen LogP contribution in [-0.2, 0) is 6.42 Å². The third kappa shape index (κ3) is 2.62. The molecule has 2 heterocycles. The molecular weight excluding hydrogens is 282 g/mol. The zero-order chi connectivity index (χ0) is 15.6. The lowest BCUT2D eigenvalue weighted by Crippen LogP contribution is -2.51. The Kier molecular flexibility index (Phi) is 3.94. The zero-order valence-electron chi connectivity index (χ0n) is 12.5. The summed E-state index contributed by atoms with van der Waals surface area (Å²) in [7, 11) is 0. The maximum Gasteiger partial charge on any atom is 0.295 e. The second-order valence-electron chi connectivity index (χ2n) is 5.74. The molecule has 0 aliphatic carbocycles. The summed E-state index contributed by atoms with van der Waals surface area (Å²) in [5.74, 6) is 0.143. The van der Waals surface area contributed by atoms with Crippen LogP contribution in [0, 0.1) is 6.92 Å². The molecule has 1 saturated heterocycles. The van der Waals surface area contributed by atoms with Gasteiger partial charge in [0.1, 0.15) is 0 Å². The smallest absolute Gasteiger partial charge is 0.295 e. The number of benzene rings is 1. The van der Waals surface area contributed by atoms with Crippen molar-refractivity contribution in [3.05, 3.63) is 47.6 Å². The van der Waals surface area contributed by atoms with Crippen molar-refractivity contribution in [1.82, 2.24) is 15.0 Å². The fraction of sp³-hybridized carbons (Fsp3) is 0.438. The van der Waals surface area contributed by atoms with E-state index in [-0.39, 0.29) is 18.3 Å². The molecule has 116 valence electrons. The standard InChI is InChI=1S/C16H19N3O3/c1-12-17-14(18-22-12)15(21)19-9-5-8-16(19,11-20)10-13-6-3-2-4-7-13/h2-4,6-7,20H,5,8-11H2,1H3. The molecular formula is C16H19N3O3. The van der Waals surface area contributed by atoms with Crippen LogP contribution in [0.2, 0.25) is 0 Å². The molecule has 1 unspecified atom stereocenters. The van der Waals surface area contributed by atoms with E-state index in [1.54, 1.807) is 11.8 Å². The number of nitrogens with zero attached hydrogens (tertiary/aromatic N) is 3. The molecule has 2 aromatic rings. The highest BCUT2D eigenvalue weighted by Crippen LogP contribution is 2.33. The first-order valence-corrected chi connectivity index (χ1v) is 7.42. The molecule has 6 heteroatoms. The lowest BCUT2D eigenvalue weighted by molar-refractivity contribution is 0.0398. The molecule has 1 amide bonds. The maximum absolute atomic E-state index is 12.7. The van der Waals surface area contributed by atoms with Crippen LogP contribution < -0.4 is 0 Å². The topological polar surface area (TPSA) is 79.5 Å². The van der Waals surface area contributed by atoms with Gasteiger partial charge in [0.05, 0.1) is 12.1 Å². The lowest BCUT2D eigenvalue weighted by atomic mass is 9.88. The molecule has 1 aromatic heterocycles. The van der Waals surface area contributed by atoms with Crippen molar-refractivity contribution >= 4 is 5.91 Å². The summed E-state index contributed by atoms with van der Waals surface area (Å²) in [6, 6.07) is 9.90. The number of aromatic nitrogens is 2.